The third kappa shape index (κ3) is 33.1. The van der Waals surface area contributed by atoms with Crippen LogP contribution < -0.4 is 11.1 Å². The molecule has 5 saturated carbocycles. The molecule has 1 aromatic carbocycles. The standard InChI is InChI=1S/C11H18O4.C10H12BrClO.C10H19NO2.C7H10O4.C6H10O3.C6H10O2.C5H11N.C3H5ClO.CH4/c1-4-14-9(12)11(6-8(3)7-11)10(13)15-5-2;11-6-10(7-12)13-8-9-4-2-1-3-5-9;1-7-5-8(6-7)11-9(12)13-10(2,3)4;1-4-2-7(3-4,5(8)9)6(10)11;1-3-9-6(8)4-5(2)7;1-4-2-5(3-4)6(7)8;1-4-2-5(6)3-4;4-1-3-2-5-3;/h8H,4-7H2,1-3H3;1-5,10H,6-8H2;7-8H,5-6H2,1-4H3,(H,11,12);4H,2-3H2,1H3,(H,8,9)(H,10,11);3-4H2,1-2H3;4-5H,2-3H2,1H3,(H,7,8);4-5H,2-3,6H2,1H3;3H,1-2H2;1H4. The van der Waals surface area contributed by atoms with Crippen LogP contribution >= 0.6 is 39.1 Å². The summed E-state index contributed by atoms with van der Waals surface area (Å²) in [5.74, 6) is -0.393. The molecule has 0 aromatic heterocycles. The Morgan fingerprint density at radius 3 is 1.43 bits per heavy atom. The van der Waals surface area contributed by atoms with Gasteiger partial charge in [-0.05, 0) is 148 Å². The maximum atomic E-state index is 11.7. The van der Waals surface area contributed by atoms with Gasteiger partial charge in [-0.3, -0.25) is 33.6 Å². The molecule has 2 atom stereocenters. The van der Waals surface area contributed by atoms with E-state index in [9.17, 15) is 38.4 Å². The predicted octanol–water partition coefficient (Wildman–Crippen LogP) is 11.3. The van der Waals surface area contributed by atoms with Gasteiger partial charge in [0.1, 0.15) is 17.8 Å². The second kappa shape index (κ2) is 41.0. The number of carboxylic acid groups (broad SMARTS) is 3. The number of ketones is 1. The van der Waals surface area contributed by atoms with Crippen LogP contribution in [-0.2, 0) is 68.6 Å². The number of rotatable bonds is 17. The number of alkyl halides is 3. The van der Waals surface area contributed by atoms with E-state index in [1.54, 1.807) is 20.8 Å². The molecule has 1 aromatic rings. The van der Waals surface area contributed by atoms with Gasteiger partial charge in [0.05, 0.1) is 57.0 Å². The molecule has 81 heavy (non-hydrogen) atoms. The van der Waals surface area contributed by atoms with Crippen LogP contribution in [0.25, 0.3) is 0 Å². The van der Waals surface area contributed by atoms with E-state index in [-0.39, 0.29) is 62.1 Å². The lowest BCUT2D eigenvalue weighted by Gasteiger charge is -2.41. The van der Waals surface area contributed by atoms with Crippen LogP contribution in [0, 0.1) is 46.3 Å². The molecule has 468 valence electrons. The number of epoxide rings is 1. The van der Waals surface area contributed by atoms with Gasteiger partial charge in [-0.1, -0.05) is 88.3 Å². The number of Topliss-reactive ketones (excluding diaryl/α,β-unsaturated/α-hetero) is 1. The summed E-state index contributed by atoms with van der Waals surface area (Å²) in [4.78, 5) is 86.4. The van der Waals surface area contributed by atoms with E-state index < -0.39 is 46.6 Å². The Balaban J connectivity index is 0. The molecule has 0 radical (unpaired) electrons. The van der Waals surface area contributed by atoms with Gasteiger partial charge in [-0.2, -0.15) is 0 Å². The zero-order chi connectivity index (χ0) is 61.4. The van der Waals surface area contributed by atoms with E-state index in [1.807, 2.05) is 65.0 Å². The highest BCUT2D eigenvalue weighted by Gasteiger charge is 2.57. The smallest absolute Gasteiger partial charge is 0.407 e. The lowest BCUT2D eigenvalue weighted by atomic mass is 9.62. The van der Waals surface area contributed by atoms with E-state index >= 15 is 0 Å². The topological polar surface area (TPSA) is 294 Å². The number of amides is 1. The molecule has 22 heteroatoms. The summed E-state index contributed by atoms with van der Waals surface area (Å²) in [6.07, 6.45) is 8.16. The molecular formula is C59H99BrCl2N2O17. The van der Waals surface area contributed by atoms with Gasteiger partial charge in [-0.15, -0.1) is 23.2 Å². The molecule has 6 N–H and O–H groups in total. The van der Waals surface area contributed by atoms with Crippen LogP contribution in [0.5, 0.6) is 0 Å². The van der Waals surface area contributed by atoms with Crippen molar-refractivity contribution in [2.24, 2.45) is 52.1 Å². The van der Waals surface area contributed by atoms with Gasteiger partial charge in [0.15, 0.2) is 10.8 Å². The fraction of sp³-hybridized carbons (Fsp3) is 0.763. The zero-order valence-corrected chi connectivity index (χ0v) is 52.5. The molecule has 5 aliphatic carbocycles. The molecule has 19 nitrogen and oxygen atoms in total. The third-order valence-electron chi connectivity index (χ3n) is 13.1. The van der Waals surface area contributed by atoms with Crippen molar-refractivity contribution in [2.45, 2.75) is 198 Å². The number of carbonyl (C=O) groups is 8. The predicted molar refractivity (Wildman–Crippen MR) is 316 cm³/mol. The first kappa shape index (κ1) is 79.0. The molecule has 0 spiro atoms. The fourth-order valence-electron chi connectivity index (χ4n) is 8.71. The van der Waals surface area contributed by atoms with Gasteiger partial charge in [0.25, 0.3) is 0 Å². The highest BCUT2D eigenvalue weighted by Crippen LogP contribution is 2.48. The highest BCUT2D eigenvalue weighted by molar-refractivity contribution is 9.09. The van der Waals surface area contributed by atoms with E-state index in [0.29, 0.717) is 81.1 Å². The number of halogens is 3. The number of nitrogens with two attached hydrogens (primary N) is 1. The average molecular weight is 1260 g/mol. The Kier molecular flexibility index (Phi) is 40.0. The molecule has 1 aliphatic heterocycles. The minimum atomic E-state index is -1.47. The maximum absolute atomic E-state index is 11.7. The second-order valence-electron chi connectivity index (χ2n) is 22.6. The summed E-state index contributed by atoms with van der Waals surface area (Å²) < 4.78 is 29.7. The fourth-order valence-corrected chi connectivity index (χ4v) is 9.77. The van der Waals surface area contributed by atoms with Gasteiger partial charge < -0.3 is 54.8 Å². The molecule has 1 saturated heterocycles. The van der Waals surface area contributed by atoms with E-state index in [1.165, 1.54) is 25.3 Å². The van der Waals surface area contributed by atoms with Crippen LogP contribution in [0.3, 0.4) is 0 Å². The van der Waals surface area contributed by atoms with E-state index in [0.717, 1.165) is 49.5 Å². The van der Waals surface area contributed by atoms with E-state index in [4.69, 9.17) is 67.9 Å². The number of ether oxygens (including phenoxy) is 6. The molecule has 1 heterocycles. The number of nitrogens with one attached hydrogen (secondary N) is 1. The number of esters is 3. The average Bonchev–Trinajstić information content (AvgIpc) is 4.17. The van der Waals surface area contributed by atoms with Crippen molar-refractivity contribution in [1.82, 2.24) is 5.32 Å². The lowest BCUT2D eigenvalue weighted by molar-refractivity contribution is -0.183. The first-order chi connectivity index (χ1) is 37.4. The number of aliphatic carboxylic acids is 3. The van der Waals surface area contributed by atoms with Gasteiger partial charge >= 0.3 is 41.9 Å². The summed E-state index contributed by atoms with van der Waals surface area (Å²) in [6.45, 7) is 25.0. The number of benzene rings is 1. The second-order valence-corrected chi connectivity index (χ2v) is 23.9. The zero-order valence-electron chi connectivity index (χ0n) is 49.4. The van der Waals surface area contributed by atoms with Crippen LogP contribution in [0.1, 0.15) is 167 Å². The Morgan fingerprint density at radius 1 is 0.728 bits per heavy atom. The Bertz CT molecular complexity index is 1950. The molecule has 7 rings (SSSR count). The minimum Gasteiger partial charge on any atom is -0.481 e. The summed E-state index contributed by atoms with van der Waals surface area (Å²) in [5.41, 5.74) is 3.78. The summed E-state index contributed by atoms with van der Waals surface area (Å²) in [5, 5.41) is 29.2. The number of hydrogen-bond acceptors (Lipinski definition) is 15. The molecular weight excluding hydrogens is 1160 g/mol. The SMILES string of the molecule is C.CC1CC(C(=O)O)(C(=O)O)C1.CC1CC(C(=O)O)C1.CC1CC(N)C1.CC1CC(NC(=O)OC(C)(C)C)C1.CCOC(=O)C1(C(=O)OCC)CC(C)C1.CCOC(=O)CC(C)=O.ClCC(CBr)OCc1ccccc1.ClCC1CO1. The Morgan fingerprint density at radius 2 is 1.17 bits per heavy atom. The van der Waals surface area contributed by atoms with Gasteiger partial charge in [0.2, 0.25) is 0 Å². The van der Waals surface area contributed by atoms with Gasteiger partial charge in [-0.25, -0.2) is 4.79 Å². The van der Waals surface area contributed by atoms with Crippen molar-refractivity contribution in [3.63, 3.8) is 0 Å². The summed E-state index contributed by atoms with van der Waals surface area (Å²) in [6, 6.07) is 11.0. The summed E-state index contributed by atoms with van der Waals surface area (Å²) in [7, 11) is 0. The quantitative estimate of drug-likeness (QED) is 0.0318. The Labute approximate surface area is 501 Å². The molecule has 2 unspecified atom stereocenters. The lowest BCUT2D eigenvalue weighted by Crippen LogP contribution is -2.51. The van der Waals surface area contributed by atoms with Crippen molar-refractivity contribution in [3.8, 4) is 0 Å². The van der Waals surface area contributed by atoms with Crippen molar-refractivity contribution >= 4 is 86.8 Å². The third-order valence-corrected chi connectivity index (χ3v) is 14.5. The Hall–Kier alpha value is -4.08. The first-order valence-corrected chi connectivity index (χ1v) is 30.0. The molecule has 6 aliphatic rings. The van der Waals surface area contributed by atoms with Crippen LogP contribution in [0.15, 0.2) is 30.3 Å². The number of alkyl carbamates (subject to hydrolysis) is 1. The monoisotopic (exact) mass is 1260 g/mol. The number of carboxylic acids is 3. The van der Waals surface area contributed by atoms with Crippen LogP contribution in [0.2, 0.25) is 0 Å². The minimum absolute atomic E-state index is 0. The molecule has 6 fully saturated rings. The summed E-state index contributed by atoms with van der Waals surface area (Å²) >= 11 is 14.3. The maximum Gasteiger partial charge on any atom is 0.407 e. The highest BCUT2D eigenvalue weighted by atomic mass is 79.9. The number of hydrogen-bond donors (Lipinski definition) is 5. The largest absolute Gasteiger partial charge is 0.481 e. The van der Waals surface area contributed by atoms with Gasteiger partial charge in [0, 0.05) is 23.3 Å². The number of carbonyl (C=O) groups excluding carboxylic acids is 5. The van der Waals surface area contributed by atoms with Crippen molar-refractivity contribution in [1.29, 1.82) is 0 Å². The molecule has 1 amide bonds. The van der Waals surface area contributed by atoms with Crippen molar-refractivity contribution in [2.75, 3.05) is 43.5 Å². The normalized spacial score (nSPS) is 23.0. The van der Waals surface area contributed by atoms with Crippen LogP contribution in [-0.4, -0.2) is 136 Å². The van der Waals surface area contributed by atoms with Crippen molar-refractivity contribution in [3.05, 3.63) is 35.9 Å². The molecule has 0 bridgehead atoms. The first-order valence-electron chi connectivity index (χ1n) is 27.8. The van der Waals surface area contributed by atoms with E-state index in [2.05, 4.69) is 46.8 Å². The van der Waals surface area contributed by atoms with Crippen molar-refractivity contribution < 1.29 is 82.1 Å². The van der Waals surface area contributed by atoms with Crippen LogP contribution in [0.4, 0.5) is 4.79 Å².